The highest BCUT2D eigenvalue weighted by Gasteiger charge is 2.11. The molecular weight excluding hydrogens is 258 g/mol. The third-order valence-electron chi connectivity index (χ3n) is 4.02. The first-order chi connectivity index (χ1) is 10.3. The van der Waals surface area contributed by atoms with Gasteiger partial charge in [0.15, 0.2) is 0 Å². The molecule has 110 valence electrons. The average molecular weight is 281 g/mol. The van der Waals surface area contributed by atoms with Crippen molar-refractivity contribution < 1.29 is 4.74 Å². The maximum Gasteiger partial charge on any atom is 0.122 e. The Balaban J connectivity index is 1.40. The molecule has 1 aliphatic rings. The Morgan fingerprint density at radius 2 is 1.81 bits per heavy atom. The third kappa shape index (κ3) is 3.85. The van der Waals surface area contributed by atoms with Gasteiger partial charge in [0.1, 0.15) is 5.75 Å². The van der Waals surface area contributed by atoms with Gasteiger partial charge in [-0.3, -0.25) is 0 Å². The van der Waals surface area contributed by atoms with Crippen LogP contribution in [0.4, 0.5) is 0 Å². The Morgan fingerprint density at radius 1 is 1.00 bits per heavy atom. The summed E-state index contributed by atoms with van der Waals surface area (Å²) >= 11 is 0. The molecule has 1 N–H and O–H groups in total. The summed E-state index contributed by atoms with van der Waals surface area (Å²) in [7, 11) is 0. The van der Waals surface area contributed by atoms with Gasteiger partial charge in [0, 0.05) is 6.42 Å². The molecule has 0 fully saturated rings. The summed E-state index contributed by atoms with van der Waals surface area (Å²) in [6.45, 7) is 5.06. The number of hydrogen-bond acceptors (Lipinski definition) is 2. The highest BCUT2D eigenvalue weighted by Crippen LogP contribution is 2.25. The normalized spacial score (nSPS) is 13.0. The molecule has 0 saturated heterocycles. The van der Waals surface area contributed by atoms with Gasteiger partial charge >= 0.3 is 0 Å². The maximum absolute atomic E-state index is 5.54. The third-order valence-corrected chi connectivity index (χ3v) is 4.02. The van der Waals surface area contributed by atoms with Crippen LogP contribution in [0.25, 0.3) is 0 Å². The second-order valence-electron chi connectivity index (χ2n) is 5.78. The fourth-order valence-corrected chi connectivity index (χ4v) is 2.85. The molecule has 0 atom stereocenters. The number of ether oxygens (including phenoxy) is 1. The first kappa shape index (κ1) is 14.2. The van der Waals surface area contributed by atoms with Crippen LogP contribution in [0.5, 0.6) is 5.75 Å². The lowest BCUT2D eigenvalue weighted by molar-refractivity contribution is 0.357. The molecule has 2 aromatic carbocycles. The molecule has 0 unspecified atom stereocenters. The van der Waals surface area contributed by atoms with Crippen LogP contribution in [0.1, 0.15) is 22.3 Å². The summed E-state index contributed by atoms with van der Waals surface area (Å²) in [6.07, 6.45) is 3.24. The highest BCUT2D eigenvalue weighted by atomic mass is 16.5. The molecule has 2 aromatic rings. The van der Waals surface area contributed by atoms with Crippen LogP contribution in [0.2, 0.25) is 0 Å². The van der Waals surface area contributed by atoms with Crippen molar-refractivity contribution in [2.75, 3.05) is 19.7 Å². The predicted molar refractivity (Wildman–Crippen MR) is 87.1 cm³/mol. The van der Waals surface area contributed by atoms with Crippen molar-refractivity contribution in [3.63, 3.8) is 0 Å². The SMILES string of the molecule is Cc1cccc(CCNCCc2ccc3c(c2)CCO3)c1. The molecule has 0 radical (unpaired) electrons. The fourth-order valence-electron chi connectivity index (χ4n) is 2.85. The van der Waals surface area contributed by atoms with E-state index in [1.54, 1.807) is 0 Å². The van der Waals surface area contributed by atoms with Gasteiger partial charge in [-0.15, -0.1) is 0 Å². The number of aryl methyl sites for hydroxylation is 1. The van der Waals surface area contributed by atoms with Crippen LogP contribution in [-0.2, 0) is 19.3 Å². The summed E-state index contributed by atoms with van der Waals surface area (Å²) < 4.78 is 5.54. The number of rotatable bonds is 6. The summed E-state index contributed by atoms with van der Waals surface area (Å²) in [5.41, 5.74) is 5.53. The van der Waals surface area contributed by atoms with E-state index in [9.17, 15) is 0 Å². The van der Waals surface area contributed by atoms with E-state index in [1.165, 1.54) is 22.3 Å². The topological polar surface area (TPSA) is 21.3 Å². The molecule has 3 rings (SSSR count). The van der Waals surface area contributed by atoms with Crippen LogP contribution < -0.4 is 10.1 Å². The zero-order valence-corrected chi connectivity index (χ0v) is 12.7. The monoisotopic (exact) mass is 281 g/mol. The van der Waals surface area contributed by atoms with E-state index in [1.807, 2.05) is 0 Å². The molecular formula is C19H23NO. The van der Waals surface area contributed by atoms with Gasteiger partial charge in [-0.2, -0.15) is 0 Å². The predicted octanol–water partition coefficient (Wildman–Crippen LogP) is 3.30. The van der Waals surface area contributed by atoms with Crippen LogP contribution in [0.15, 0.2) is 42.5 Å². The minimum atomic E-state index is 0.841. The van der Waals surface area contributed by atoms with Crippen molar-refractivity contribution in [1.29, 1.82) is 0 Å². The van der Waals surface area contributed by atoms with Gasteiger partial charge in [0.05, 0.1) is 6.61 Å². The Bertz CT molecular complexity index is 606. The standard InChI is InChI=1S/C19H23NO/c1-15-3-2-4-16(13-15)7-10-20-11-8-17-5-6-19-18(14-17)9-12-21-19/h2-6,13-14,20H,7-12H2,1H3. The minimum Gasteiger partial charge on any atom is -0.493 e. The molecule has 2 nitrogen and oxygen atoms in total. The summed E-state index contributed by atoms with van der Waals surface area (Å²) in [5, 5.41) is 3.54. The largest absolute Gasteiger partial charge is 0.493 e. The Hall–Kier alpha value is -1.80. The van der Waals surface area contributed by atoms with Gasteiger partial charge in [0.25, 0.3) is 0 Å². The van der Waals surface area contributed by atoms with Gasteiger partial charge in [-0.05, 0) is 55.6 Å². The molecule has 0 spiro atoms. The second-order valence-corrected chi connectivity index (χ2v) is 5.78. The number of hydrogen-bond donors (Lipinski definition) is 1. The zero-order chi connectivity index (χ0) is 14.5. The van der Waals surface area contributed by atoms with E-state index < -0.39 is 0 Å². The van der Waals surface area contributed by atoms with Crippen molar-refractivity contribution in [3.05, 3.63) is 64.7 Å². The fraction of sp³-hybridized carbons (Fsp3) is 0.368. The Morgan fingerprint density at radius 3 is 2.62 bits per heavy atom. The van der Waals surface area contributed by atoms with Gasteiger partial charge in [-0.1, -0.05) is 42.0 Å². The molecule has 2 heteroatoms. The lowest BCUT2D eigenvalue weighted by Crippen LogP contribution is -2.20. The first-order valence-electron chi connectivity index (χ1n) is 7.82. The summed E-state index contributed by atoms with van der Waals surface area (Å²) in [6, 6.07) is 15.4. The second kappa shape index (κ2) is 6.77. The lowest BCUT2D eigenvalue weighted by Gasteiger charge is -2.07. The molecule has 1 heterocycles. The van der Waals surface area contributed by atoms with E-state index >= 15 is 0 Å². The first-order valence-corrected chi connectivity index (χ1v) is 7.82. The van der Waals surface area contributed by atoms with E-state index in [0.29, 0.717) is 0 Å². The maximum atomic E-state index is 5.54. The lowest BCUT2D eigenvalue weighted by atomic mass is 10.1. The molecule has 21 heavy (non-hydrogen) atoms. The van der Waals surface area contributed by atoms with Crippen molar-refractivity contribution in [2.24, 2.45) is 0 Å². The van der Waals surface area contributed by atoms with Crippen LogP contribution in [0, 0.1) is 6.92 Å². The van der Waals surface area contributed by atoms with E-state index in [2.05, 4.69) is 54.7 Å². The molecule has 0 aromatic heterocycles. The molecule has 0 bridgehead atoms. The zero-order valence-electron chi connectivity index (χ0n) is 12.7. The van der Waals surface area contributed by atoms with Gasteiger partial charge < -0.3 is 10.1 Å². The number of fused-ring (bicyclic) bond motifs is 1. The highest BCUT2D eigenvalue weighted by molar-refractivity contribution is 5.39. The summed E-state index contributed by atoms with van der Waals surface area (Å²) in [4.78, 5) is 0. The van der Waals surface area contributed by atoms with Crippen molar-refractivity contribution >= 4 is 0 Å². The van der Waals surface area contributed by atoms with Crippen LogP contribution >= 0.6 is 0 Å². The van der Waals surface area contributed by atoms with Crippen molar-refractivity contribution in [3.8, 4) is 5.75 Å². The smallest absolute Gasteiger partial charge is 0.122 e. The summed E-state index contributed by atoms with van der Waals surface area (Å²) in [5.74, 6) is 1.08. The van der Waals surface area contributed by atoms with Crippen LogP contribution in [-0.4, -0.2) is 19.7 Å². The average Bonchev–Trinajstić information content (AvgIpc) is 2.94. The van der Waals surface area contributed by atoms with E-state index in [4.69, 9.17) is 4.74 Å². The number of nitrogens with one attached hydrogen (secondary N) is 1. The van der Waals surface area contributed by atoms with E-state index in [0.717, 1.165) is 44.7 Å². The molecule has 0 aliphatic carbocycles. The minimum absolute atomic E-state index is 0.841. The van der Waals surface area contributed by atoms with Gasteiger partial charge in [-0.25, -0.2) is 0 Å². The van der Waals surface area contributed by atoms with E-state index in [-0.39, 0.29) is 0 Å². The Kier molecular flexibility index (Phi) is 4.56. The van der Waals surface area contributed by atoms with Crippen molar-refractivity contribution in [1.82, 2.24) is 5.32 Å². The van der Waals surface area contributed by atoms with Gasteiger partial charge in [0.2, 0.25) is 0 Å². The molecule has 1 aliphatic heterocycles. The number of benzene rings is 2. The quantitative estimate of drug-likeness (QED) is 0.820. The van der Waals surface area contributed by atoms with Crippen molar-refractivity contribution in [2.45, 2.75) is 26.2 Å². The molecule has 0 saturated carbocycles. The molecule has 0 amide bonds. The van der Waals surface area contributed by atoms with Crippen LogP contribution in [0.3, 0.4) is 0 Å². The Labute approximate surface area is 127 Å².